The summed E-state index contributed by atoms with van der Waals surface area (Å²) in [4.78, 5) is 18.3. The van der Waals surface area contributed by atoms with Gasteiger partial charge in [-0.15, -0.1) is 5.10 Å². The Hall–Kier alpha value is -2.79. The number of hydrogen-bond acceptors (Lipinski definition) is 16. The zero-order valence-corrected chi connectivity index (χ0v) is 41.7. The Morgan fingerprint density at radius 1 is 0.970 bits per heavy atom. The van der Waals surface area contributed by atoms with Gasteiger partial charge in [0.05, 0.1) is 53.8 Å². The molecule has 3 aliphatic rings. The van der Waals surface area contributed by atoms with Crippen molar-refractivity contribution in [1.29, 1.82) is 0 Å². The molecule has 0 radical (unpaired) electrons. The highest BCUT2D eigenvalue weighted by molar-refractivity contribution is 5.73. The summed E-state index contributed by atoms with van der Waals surface area (Å²) in [5.41, 5.74) is -3.39. The SMILES string of the molecule is CC[C@H]1OC(=O)[C@H](C)[C@@H](O[C@H]2C[C@@](C)(OC)[C@@H](O)[C@H](C)O2)[C@H](C)[C@@H](O[C@@H]2O[C@H](C)C[C@H](N(C)CCc3cn(Cc4ccc(F)c(F)c4)nn3)[C@H]2O)[C@](C)(O)C[C@@H](C)CN(C)[C@H](C)[C@@H](O)[C@]1(C)O. The summed E-state index contributed by atoms with van der Waals surface area (Å²) in [6, 6.07) is 2.63. The number of halogens is 2. The lowest BCUT2D eigenvalue weighted by Crippen LogP contribution is -2.61. The fourth-order valence-corrected chi connectivity index (χ4v) is 10.5. The molecule has 19 heteroatoms. The molecule has 1 aromatic heterocycles. The number of carbonyl (C=O) groups excluding carboxylic acids is 1. The van der Waals surface area contributed by atoms with Crippen LogP contribution in [0.5, 0.6) is 0 Å². The van der Waals surface area contributed by atoms with Crippen molar-refractivity contribution < 1.29 is 67.5 Å². The molecule has 5 rings (SSSR count). The highest BCUT2D eigenvalue weighted by Crippen LogP contribution is 2.40. The number of nitrogens with zero attached hydrogens (tertiary/aromatic N) is 5. The van der Waals surface area contributed by atoms with Gasteiger partial charge < -0.3 is 63.8 Å². The first-order chi connectivity index (χ1) is 31.2. The molecule has 3 fully saturated rings. The highest BCUT2D eigenvalue weighted by atomic mass is 19.2. The quantitative estimate of drug-likeness (QED) is 0.193. The van der Waals surface area contributed by atoms with E-state index in [4.69, 9.17) is 28.4 Å². The first-order valence-corrected chi connectivity index (χ1v) is 23.8. The molecule has 4 heterocycles. The van der Waals surface area contributed by atoms with Crippen LogP contribution in [-0.4, -0.2) is 181 Å². The van der Waals surface area contributed by atoms with E-state index in [-0.39, 0.29) is 31.7 Å². The molecular weight excluding hydrogens is 877 g/mol. The first kappa shape index (κ1) is 55.1. The van der Waals surface area contributed by atoms with Gasteiger partial charge >= 0.3 is 5.97 Å². The van der Waals surface area contributed by atoms with E-state index in [2.05, 4.69) is 10.3 Å². The lowest BCUT2D eigenvalue weighted by Gasteiger charge is -2.49. The number of ether oxygens (including phenoxy) is 6. The van der Waals surface area contributed by atoms with Gasteiger partial charge in [-0.2, -0.15) is 0 Å². The van der Waals surface area contributed by atoms with Crippen LogP contribution in [0.3, 0.4) is 0 Å². The van der Waals surface area contributed by atoms with E-state index in [0.717, 1.165) is 12.1 Å². The van der Waals surface area contributed by atoms with E-state index in [1.54, 1.807) is 59.3 Å². The summed E-state index contributed by atoms with van der Waals surface area (Å²) in [6.45, 7) is 18.4. The van der Waals surface area contributed by atoms with Crippen molar-refractivity contribution in [3.05, 3.63) is 47.3 Å². The molecule has 3 saturated heterocycles. The van der Waals surface area contributed by atoms with Crippen LogP contribution in [-0.2, 0) is 46.2 Å². The predicted octanol–water partition coefficient (Wildman–Crippen LogP) is 3.43. The predicted molar refractivity (Wildman–Crippen MR) is 242 cm³/mol. The summed E-state index contributed by atoms with van der Waals surface area (Å²) in [5, 5.41) is 67.9. The molecule has 0 unspecified atom stereocenters. The molecule has 18 atom stereocenters. The molecule has 17 nitrogen and oxygen atoms in total. The Bertz CT molecular complexity index is 1910. The summed E-state index contributed by atoms with van der Waals surface area (Å²) in [7, 11) is 5.19. The standard InChI is InChI=1S/C48H79F2N5O12/c1-14-37-48(10,61)41(57)30(6)54(12)23-26(2)21-46(8,60)43(28(4)40(29(5)44(59)65-37)66-38-22-47(9,62-13)42(58)31(7)64-38)67-45-39(56)36(19-27(3)63-45)53(11)18-17-33-25-55(52-51-33)24-32-15-16-34(49)35(50)20-32/h15-16,20,25-31,36-43,45,56-58,60-61H,14,17-19,21-24H2,1-13H3/t26-,27-,28+,29-,30-,31+,36+,37-,38+,39-,40+,41-,42+,43-,45+,46-,47-,48-/m1/s1. The van der Waals surface area contributed by atoms with Gasteiger partial charge in [-0.25, -0.2) is 13.5 Å². The summed E-state index contributed by atoms with van der Waals surface area (Å²) >= 11 is 0. The molecule has 1 aromatic carbocycles. The van der Waals surface area contributed by atoms with Crippen LogP contribution < -0.4 is 0 Å². The van der Waals surface area contributed by atoms with E-state index < -0.39 is 120 Å². The van der Waals surface area contributed by atoms with E-state index in [9.17, 15) is 39.1 Å². The zero-order valence-electron chi connectivity index (χ0n) is 41.7. The van der Waals surface area contributed by atoms with Crippen molar-refractivity contribution in [2.45, 2.75) is 198 Å². The van der Waals surface area contributed by atoms with E-state index in [0.29, 0.717) is 37.2 Å². The number of methoxy groups -OCH3 is 1. The molecule has 0 amide bonds. The largest absolute Gasteiger partial charge is 0.459 e. The van der Waals surface area contributed by atoms with Crippen molar-refractivity contribution in [1.82, 2.24) is 24.8 Å². The van der Waals surface area contributed by atoms with E-state index in [1.807, 2.05) is 37.7 Å². The van der Waals surface area contributed by atoms with Crippen molar-refractivity contribution in [3.8, 4) is 0 Å². The minimum Gasteiger partial charge on any atom is -0.459 e. The van der Waals surface area contributed by atoms with Crippen LogP contribution in [0, 0.1) is 29.4 Å². The number of aliphatic hydroxyl groups is 5. The number of esters is 1. The number of aromatic nitrogens is 3. The topological polar surface area (TPSA) is 211 Å². The van der Waals surface area contributed by atoms with Crippen LogP contribution in [0.4, 0.5) is 8.78 Å². The molecule has 0 bridgehead atoms. The van der Waals surface area contributed by atoms with Gasteiger partial charge in [-0.05, 0) is 105 Å². The third kappa shape index (κ3) is 13.0. The minimum atomic E-state index is -1.85. The van der Waals surface area contributed by atoms with Crippen LogP contribution in [0.25, 0.3) is 0 Å². The van der Waals surface area contributed by atoms with E-state index >= 15 is 0 Å². The second-order valence-electron chi connectivity index (χ2n) is 20.6. The van der Waals surface area contributed by atoms with Gasteiger partial charge in [0.25, 0.3) is 0 Å². The molecule has 0 spiro atoms. The zero-order chi connectivity index (χ0) is 49.9. The molecular formula is C48H79F2N5O12. The number of benzene rings is 1. The maximum absolute atomic E-state index is 14.4. The Morgan fingerprint density at radius 3 is 2.30 bits per heavy atom. The smallest absolute Gasteiger partial charge is 0.311 e. The molecule has 2 aromatic rings. The highest BCUT2D eigenvalue weighted by Gasteiger charge is 2.53. The number of carbonyl (C=O) groups is 1. The van der Waals surface area contributed by atoms with Gasteiger partial charge in [0.2, 0.25) is 0 Å². The Morgan fingerprint density at radius 2 is 1.66 bits per heavy atom. The average Bonchev–Trinajstić information content (AvgIpc) is 3.71. The summed E-state index contributed by atoms with van der Waals surface area (Å²) in [5.74, 6) is -4.73. The van der Waals surface area contributed by atoms with Crippen LogP contribution in [0.1, 0.15) is 106 Å². The second kappa shape index (κ2) is 22.5. The number of hydrogen-bond donors (Lipinski definition) is 5. The van der Waals surface area contributed by atoms with Crippen molar-refractivity contribution in [3.63, 3.8) is 0 Å². The van der Waals surface area contributed by atoms with Gasteiger partial charge in [0, 0.05) is 57.2 Å². The number of cyclic esters (lactones) is 1. The molecule has 3 aliphatic heterocycles. The molecule has 5 N–H and O–H groups in total. The Balaban J connectivity index is 1.46. The fraction of sp³-hybridized carbons (Fsp3) is 0.812. The summed E-state index contributed by atoms with van der Waals surface area (Å²) in [6.07, 6.45) is -7.17. The number of aliphatic hydroxyl groups excluding tert-OH is 3. The molecule has 0 aliphatic carbocycles. The monoisotopic (exact) mass is 956 g/mol. The second-order valence-corrected chi connectivity index (χ2v) is 20.6. The lowest BCUT2D eigenvalue weighted by atomic mass is 9.77. The maximum atomic E-state index is 14.4. The lowest BCUT2D eigenvalue weighted by molar-refractivity contribution is -0.318. The Labute approximate surface area is 395 Å². The number of likely N-dealkylation sites (N-methyl/N-ethyl adjacent to an activating group) is 2. The molecule has 0 saturated carbocycles. The van der Waals surface area contributed by atoms with Crippen LogP contribution in [0.2, 0.25) is 0 Å². The fourth-order valence-electron chi connectivity index (χ4n) is 10.5. The molecule has 67 heavy (non-hydrogen) atoms. The normalized spacial score (nSPS) is 41.1. The van der Waals surface area contributed by atoms with Gasteiger partial charge in [0.15, 0.2) is 24.2 Å². The van der Waals surface area contributed by atoms with Crippen LogP contribution >= 0.6 is 0 Å². The maximum Gasteiger partial charge on any atom is 0.311 e. The van der Waals surface area contributed by atoms with Gasteiger partial charge in [-0.1, -0.05) is 32.1 Å². The van der Waals surface area contributed by atoms with Crippen molar-refractivity contribution >= 4 is 5.97 Å². The third-order valence-electron chi connectivity index (χ3n) is 14.7. The van der Waals surface area contributed by atoms with Gasteiger partial charge in [0.1, 0.15) is 30.0 Å². The van der Waals surface area contributed by atoms with Crippen molar-refractivity contribution in [2.24, 2.45) is 17.8 Å². The molecule has 382 valence electrons. The minimum absolute atomic E-state index is 0.0855. The van der Waals surface area contributed by atoms with Gasteiger partial charge in [-0.3, -0.25) is 4.79 Å². The average molecular weight is 956 g/mol. The third-order valence-corrected chi connectivity index (χ3v) is 14.7. The first-order valence-electron chi connectivity index (χ1n) is 23.8. The van der Waals surface area contributed by atoms with Crippen LogP contribution in [0.15, 0.2) is 24.4 Å². The van der Waals surface area contributed by atoms with Crippen molar-refractivity contribution in [2.75, 3.05) is 34.3 Å². The summed E-state index contributed by atoms with van der Waals surface area (Å²) < 4.78 is 67.0. The van der Waals surface area contributed by atoms with E-state index in [1.165, 1.54) is 20.1 Å². The Kier molecular flexibility index (Phi) is 18.5. The number of rotatable bonds is 12.